The molecule has 2 rings (SSSR count). The first-order valence-electron chi connectivity index (χ1n) is 8.25. The van der Waals surface area contributed by atoms with Crippen LogP contribution in [0.15, 0.2) is 53.6 Å². The van der Waals surface area contributed by atoms with Crippen molar-refractivity contribution in [2.24, 2.45) is 5.10 Å². The topological polar surface area (TPSA) is 99.7 Å². The minimum Gasteiger partial charge on any atom is -0.344 e. The van der Waals surface area contributed by atoms with Crippen LogP contribution in [0.25, 0.3) is 0 Å². The Morgan fingerprint density at radius 3 is 2.36 bits per heavy atom. The summed E-state index contributed by atoms with van der Waals surface area (Å²) in [5, 5.41) is 9.58. The molecule has 3 amide bonds. The van der Waals surface area contributed by atoms with Gasteiger partial charge in [0.1, 0.15) is 0 Å². The molecule has 0 atom stereocenters. The summed E-state index contributed by atoms with van der Waals surface area (Å²) in [6.07, 6.45) is -0.0772. The lowest BCUT2D eigenvalue weighted by Crippen LogP contribution is -2.37. The number of hydrazone groups is 1. The first kappa shape index (κ1) is 21.4. The van der Waals surface area contributed by atoms with Crippen LogP contribution in [0.4, 0.5) is 5.69 Å². The normalized spacial score (nSPS) is 10.9. The van der Waals surface area contributed by atoms with E-state index in [4.69, 9.17) is 23.2 Å². The predicted molar refractivity (Wildman–Crippen MR) is 109 cm³/mol. The maximum atomic E-state index is 12.0. The second-order valence-electron chi connectivity index (χ2n) is 5.81. The van der Waals surface area contributed by atoms with E-state index >= 15 is 0 Å². The fourth-order valence-corrected chi connectivity index (χ4v) is 2.40. The smallest absolute Gasteiger partial charge is 0.329 e. The Hall–Kier alpha value is -2.90. The number of hydrogen-bond acceptors (Lipinski definition) is 4. The van der Waals surface area contributed by atoms with Gasteiger partial charge in [-0.2, -0.15) is 5.10 Å². The third-order valence-corrected chi connectivity index (χ3v) is 4.21. The number of carbonyl (C=O) groups excluding carboxylic acids is 3. The van der Waals surface area contributed by atoms with E-state index in [1.807, 2.05) is 30.3 Å². The standard InChI is InChI=1S/C19H18Cl2N4O3/c1-12(9-17(26)23-14-7-8-15(20)16(21)10-14)24-25-19(28)18(27)22-11-13-5-3-2-4-6-13/h2-8,10H,9,11H2,1H3,(H,22,27)(H,23,26)(H,25,28)/b24-12+. The van der Waals surface area contributed by atoms with Crippen molar-refractivity contribution >= 4 is 52.3 Å². The van der Waals surface area contributed by atoms with Crippen LogP contribution in [0, 0.1) is 0 Å². The Balaban J connectivity index is 1.78. The molecule has 3 N–H and O–H groups in total. The molecule has 0 bridgehead atoms. The van der Waals surface area contributed by atoms with Crippen molar-refractivity contribution in [2.75, 3.05) is 5.32 Å². The van der Waals surface area contributed by atoms with Crippen molar-refractivity contribution in [3.63, 3.8) is 0 Å². The number of nitrogens with zero attached hydrogens (tertiary/aromatic N) is 1. The molecule has 0 saturated carbocycles. The molecule has 0 spiro atoms. The molecule has 0 aliphatic heterocycles. The van der Waals surface area contributed by atoms with Gasteiger partial charge in [-0.15, -0.1) is 0 Å². The van der Waals surface area contributed by atoms with Gasteiger partial charge in [-0.25, -0.2) is 5.43 Å². The Morgan fingerprint density at radius 2 is 1.68 bits per heavy atom. The quantitative estimate of drug-likeness (QED) is 0.380. The molecule has 9 heteroatoms. The zero-order valence-corrected chi connectivity index (χ0v) is 16.5. The highest BCUT2D eigenvalue weighted by atomic mass is 35.5. The number of carbonyl (C=O) groups is 3. The van der Waals surface area contributed by atoms with E-state index in [0.29, 0.717) is 21.4 Å². The second-order valence-corrected chi connectivity index (χ2v) is 6.62. The molecular formula is C19H18Cl2N4O3. The van der Waals surface area contributed by atoms with Crippen LogP contribution in [0.1, 0.15) is 18.9 Å². The molecule has 28 heavy (non-hydrogen) atoms. The molecule has 0 fully saturated rings. The molecule has 0 aliphatic carbocycles. The van der Waals surface area contributed by atoms with Gasteiger partial charge in [0, 0.05) is 17.9 Å². The van der Waals surface area contributed by atoms with Crippen molar-refractivity contribution in [1.29, 1.82) is 0 Å². The van der Waals surface area contributed by atoms with Gasteiger partial charge in [0.2, 0.25) is 5.91 Å². The lowest BCUT2D eigenvalue weighted by atomic mass is 10.2. The SMILES string of the molecule is C/C(CC(=O)Nc1ccc(Cl)c(Cl)c1)=N\NC(=O)C(=O)NCc1ccccc1. The fourth-order valence-electron chi connectivity index (χ4n) is 2.11. The van der Waals surface area contributed by atoms with Crippen molar-refractivity contribution in [3.05, 3.63) is 64.1 Å². The van der Waals surface area contributed by atoms with E-state index in [9.17, 15) is 14.4 Å². The van der Waals surface area contributed by atoms with E-state index in [0.717, 1.165) is 5.56 Å². The lowest BCUT2D eigenvalue weighted by Gasteiger charge is -2.07. The summed E-state index contributed by atoms with van der Waals surface area (Å²) >= 11 is 11.7. The van der Waals surface area contributed by atoms with Gasteiger partial charge in [0.05, 0.1) is 16.5 Å². The van der Waals surface area contributed by atoms with Crippen molar-refractivity contribution in [3.8, 4) is 0 Å². The molecule has 2 aromatic rings. The van der Waals surface area contributed by atoms with Gasteiger partial charge in [0.15, 0.2) is 0 Å². The summed E-state index contributed by atoms with van der Waals surface area (Å²) in [6, 6.07) is 13.9. The van der Waals surface area contributed by atoms with Crippen molar-refractivity contribution < 1.29 is 14.4 Å². The van der Waals surface area contributed by atoms with E-state index in [1.54, 1.807) is 19.1 Å². The second kappa shape index (κ2) is 10.4. The third-order valence-electron chi connectivity index (χ3n) is 3.47. The van der Waals surface area contributed by atoms with Crippen LogP contribution in [0.2, 0.25) is 10.0 Å². The average molecular weight is 421 g/mol. The summed E-state index contributed by atoms with van der Waals surface area (Å²) in [4.78, 5) is 35.5. The number of hydrogen-bond donors (Lipinski definition) is 3. The van der Waals surface area contributed by atoms with Gasteiger partial charge >= 0.3 is 11.8 Å². The molecule has 7 nitrogen and oxygen atoms in total. The highest BCUT2D eigenvalue weighted by Gasteiger charge is 2.13. The van der Waals surface area contributed by atoms with E-state index in [1.165, 1.54) is 6.07 Å². The number of rotatable bonds is 6. The van der Waals surface area contributed by atoms with Crippen LogP contribution in [-0.4, -0.2) is 23.4 Å². The Morgan fingerprint density at radius 1 is 0.964 bits per heavy atom. The van der Waals surface area contributed by atoms with Crippen LogP contribution >= 0.6 is 23.2 Å². The van der Waals surface area contributed by atoms with Crippen LogP contribution in [0.5, 0.6) is 0 Å². The minimum atomic E-state index is -0.917. The third kappa shape index (κ3) is 7.02. The Bertz CT molecular complexity index is 901. The van der Waals surface area contributed by atoms with Gasteiger partial charge in [-0.05, 0) is 30.7 Å². The van der Waals surface area contributed by atoms with Crippen molar-refractivity contribution in [1.82, 2.24) is 10.7 Å². The first-order valence-corrected chi connectivity index (χ1v) is 9.01. The number of halogens is 2. The summed E-state index contributed by atoms with van der Waals surface area (Å²) in [5.41, 5.74) is 3.79. The molecule has 0 radical (unpaired) electrons. The molecular weight excluding hydrogens is 403 g/mol. The van der Waals surface area contributed by atoms with Crippen LogP contribution in [0.3, 0.4) is 0 Å². The minimum absolute atomic E-state index is 0.0772. The molecule has 0 aromatic heterocycles. The summed E-state index contributed by atoms with van der Waals surface area (Å²) in [7, 11) is 0. The van der Waals surface area contributed by atoms with Crippen LogP contribution < -0.4 is 16.1 Å². The fraction of sp³-hybridized carbons (Fsp3) is 0.158. The molecule has 0 saturated heterocycles. The van der Waals surface area contributed by atoms with Crippen molar-refractivity contribution in [2.45, 2.75) is 19.9 Å². The van der Waals surface area contributed by atoms with Gasteiger partial charge in [-0.1, -0.05) is 53.5 Å². The van der Waals surface area contributed by atoms with Crippen LogP contribution in [-0.2, 0) is 20.9 Å². The number of amides is 3. The van der Waals surface area contributed by atoms with E-state index in [-0.39, 0.29) is 18.9 Å². The molecule has 0 heterocycles. The first-order chi connectivity index (χ1) is 13.3. The maximum Gasteiger partial charge on any atom is 0.329 e. The van der Waals surface area contributed by atoms with Gasteiger partial charge in [0.25, 0.3) is 0 Å². The van der Waals surface area contributed by atoms with Gasteiger partial charge < -0.3 is 10.6 Å². The Kier molecular flexibility index (Phi) is 7.98. The van der Waals surface area contributed by atoms with E-state index < -0.39 is 11.8 Å². The zero-order chi connectivity index (χ0) is 20.5. The number of benzene rings is 2. The summed E-state index contributed by atoms with van der Waals surface area (Å²) < 4.78 is 0. The summed E-state index contributed by atoms with van der Waals surface area (Å²) in [5.74, 6) is -2.09. The zero-order valence-electron chi connectivity index (χ0n) is 15.0. The molecule has 146 valence electrons. The maximum absolute atomic E-state index is 12.0. The monoisotopic (exact) mass is 420 g/mol. The van der Waals surface area contributed by atoms with E-state index in [2.05, 4.69) is 21.2 Å². The number of nitrogens with one attached hydrogen (secondary N) is 3. The predicted octanol–water partition coefficient (Wildman–Crippen LogP) is 3.13. The van der Waals surface area contributed by atoms with Gasteiger partial charge in [-0.3, -0.25) is 14.4 Å². The average Bonchev–Trinajstić information content (AvgIpc) is 2.67. The molecule has 0 unspecified atom stereocenters. The number of anilines is 1. The summed E-state index contributed by atoms with van der Waals surface area (Å²) in [6.45, 7) is 1.78. The highest BCUT2D eigenvalue weighted by Crippen LogP contribution is 2.25. The molecule has 0 aliphatic rings. The molecule has 2 aromatic carbocycles. The highest BCUT2D eigenvalue weighted by molar-refractivity contribution is 6.42. The Labute approximate surface area is 172 Å². The lowest BCUT2D eigenvalue weighted by molar-refractivity contribution is -0.139. The largest absolute Gasteiger partial charge is 0.344 e.